The minimum absolute atomic E-state index is 0.00775. The summed E-state index contributed by atoms with van der Waals surface area (Å²) in [7, 11) is 0. The highest BCUT2D eigenvalue weighted by Gasteiger charge is 2.44. The number of nitriles is 1. The molecule has 3 amide bonds. The third kappa shape index (κ3) is 6.55. The van der Waals surface area contributed by atoms with E-state index in [2.05, 4.69) is 15.6 Å². The van der Waals surface area contributed by atoms with E-state index in [1.165, 1.54) is 11.0 Å². The Kier molecular flexibility index (Phi) is 8.67. The average Bonchev–Trinajstić information content (AvgIpc) is 3.54. The zero-order valence-corrected chi connectivity index (χ0v) is 23.8. The summed E-state index contributed by atoms with van der Waals surface area (Å²) in [6.07, 6.45) is -0.749. The highest BCUT2D eigenvalue weighted by molar-refractivity contribution is 7.13. The quantitative estimate of drug-likeness (QED) is 0.406. The van der Waals surface area contributed by atoms with Gasteiger partial charge < -0.3 is 20.6 Å². The van der Waals surface area contributed by atoms with Crippen molar-refractivity contribution in [2.75, 3.05) is 6.54 Å². The van der Waals surface area contributed by atoms with Crippen LogP contribution in [-0.4, -0.2) is 57.4 Å². The Balaban J connectivity index is 1.45. The molecular weight excluding hydrogens is 526 g/mol. The molecule has 3 aromatic rings. The molecule has 3 atom stereocenters. The Morgan fingerprint density at radius 3 is 2.55 bits per heavy atom. The summed E-state index contributed by atoms with van der Waals surface area (Å²) < 4.78 is 0. The summed E-state index contributed by atoms with van der Waals surface area (Å²) in [6.45, 7) is 7.68. The standard InChI is InChI=1S/C30H33N5O4S/c1-18-25(40-17-33-18)21-10-8-19(9-11-21)15-32-28(38)24-13-23(36)16-35(24)29(39)26(30(2,3)4)34-27(37)22-7-5-6-20(12-22)14-31/h5-12,17,23-24,26,36H,13,15-16H2,1-4H3,(H,32,38)(H,34,37)/t23-,24+,26?/m1/s1. The molecule has 0 aliphatic carbocycles. The zero-order valence-electron chi connectivity index (χ0n) is 23.0. The van der Waals surface area contributed by atoms with Gasteiger partial charge in [-0.25, -0.2) is 4.98 Å². The van der Waals surface area contributed by atoms with Crippen LogP contribution in [0.15, 0.2) is 54.0 Å². The molecule has 3 N–H and O–H groups in total. The summed E-state index contributed by atoms with van der Waals surface area (Å²) >= 11 is 1.57. The zero-order chi connectivity index (χ0) is 29.0. The van der Waals surface area contributed by atoms with E-state index in [0.29, 0.717) is 5.56 Å². The lowest BCUT2D eigenvalue weighted by Gasteiger charge is -2.35. The van der Waals surface area contributed by atoms with Crippen LogP contribution in [0.4, 0.5) is 0 Å². The van der Waals surface area contributed by atoms with Gasteiger partial charge in [0.2, 0.25) is 11.8 Å². The second-order valence-electron chi connectivity index (χ2n) is 11.0. The minimum atomic E-state index is -0.964. The number of carbonyl (C=O) groups excluding carboxylic acids is 3. The lowest BCUT2D eigenvalue weighted by Crippen LogP contribution is -2.57. The number of carbonyl (C=O) groups is 3. The van der Waals surface area contributed by atoms with Crippen LogP contribution in [-0.2, 0) is 16.1 Å². The third-order valence-corrected chi connectivity index (χ3v) is 7.91. The van der Waals surface area contributed by atoms with Gasteiger partial charge in [0, 0.05) is 25.1 Å². The molecule has 2 heterocycles. The largest absolute Gasteiger partial charge is 0.391 e. The van der Waals surface area contributed by atoms with Crippen molar-refractivity contribution in [2.24, 2.45) is 5.41 Å². The SMILES string of the molecule is Cc1ncsc1-c1ccc(CNC(=O)[C@@H]2C[C@@H](O)CN2C(=O)C(NC(=O)c2cccc(C#N)c2)C(C)(C)C)cc1. The number of β-amino-alcohol motifs (C(OH)–C–C–N with tert-alkyl or cyclic N) is 1. The molecule has 1 aliphatic rings. The monoisotopic (exact) mass is 559 g/mol. The smallest absolute Gasteiger partial charge is 0.251 e. The molecule has 10 heteroatoms. The molecule has 2 aromatic carbocycles. The number of thiazole rings is 1. The second-order valence-corrected chi connectivity index (χ2v) is 11.9. The van der Waals surface area contributed by atoms with Gasteiger partial charge in [-0.15, -0.1) is 11.3 Å². The molecule has 208 valence electrons. The topological polar surface area (TPSA) is 135 Å². The molecule has 1 aliphatic heterocycles. The average molecular weight is 560 g/mol. The Hall–Kier alpha value is -4.07. The molecule has 9 nitrogen and oxygen atoms in total. The first-order valence-electron chi connectivity index (χ1n) is 13.0. The Morgan fingerprint density at radius 2 is 1.93 bits per heavy atom. The van der Waals surface area contributed by atoms with E-state index < -0.39 is 35.4 Å². The van der Waals surface area contributed by atoms with Crippen molar-refractivity contribution in [3.8, 4) is 16.5 Å². The fourth-order valence-electron chi connectivity index (χ4n) is 4.72. The first-order chi connectivity index (χ1) is 19.0. The maximum absolute atomic E-state index is 13.8. The Morgan fingerprint density at radius 1 is 1.20 bits per heavy atom. The molecular formula is C30H33N5O4S. The number of likely N-dealkylation sites (tertiary alicyclic amines) is 1. The predicted molar refractivity (Wildman–Crippen MR) is 152 cm³/mol. The van der Waals surface area contributed by atoms with E-state index >= 15 is 0 Å². The first kappa shape index (κ1) is 28.9. The van der Waals surface area contributed by atoms with Crippen LogP contribution in [0, 0.1) is 23.7 Å². The molecule has 4 rings (SSSR count). The number of aliphatic hydroxyl groups excluding tert-OH is 1. The molecule has 0 spiro atoms. The second kappa shape index (κ2) is 12.0. The fourth-order valence-corrected chi connectivity index (χ4v) is 5.54. The summed E-state index contributed by atoms with van der Waals surface area (Å²) in [6, 6.07) is 14.2. The molecule has 1 unspecified atom stereocenters. The summed E-state index contributed by atoms with van der Waals surface area (Å²) in [5.74, 6) is -1.31. The van der Waals surface area contributed by atoms with Gasteiger partial charge in [0.15, 0.2) is 0 Å². The minimum Gasteiger partial charge on any atom is -0.391 e. The van der Waals surface area contributed by atoms with Crippen LogP contribution in [0.2, 0.25) is 0 Å². The van der Waals surface area contributed by atoms with Crippen molar-refractivity contribution in [3.63, 3.8) is 0 Å². The number of benzene rings is 2. The van der Waals surface area contributed by atoms with Crippen LogP contribution in [0.3, 0.4) is 0 Å². The Labute approximate surface area is 237 Å². The molecule has 1 saturated heterocycles. The number of hydrogen-bond donors (Lipinski definition) is 3. The van der Waals surface area contributed by atoms with Gasteiger partial charge in [0.05, 0.1) is 33.8 Å². The van der Waals surface area contributed by atoms with Gasteiger partial charge in [-0.3, -0.25) is 14.4 Å². The lowest BCUT2D eigenvalue weighted by atomic mass is 9.85. The van der Waals surface area contributed by atoms with Gasteiger partial charge in [-0.1, -0.05) is 51.1 Å². The third-order valence-electron chi connectivity index (χ3n) is 6.94. The molecule has 0 saturated carbocycles. The number of hydrogen-bond acceptors (Lipinski definition) is 7. The van der Waals surface area contributed by atoms with Gasteiger partial charge in [0.1, 0.15) is 12.1 Å². The number of aryl methyl sites for hydroxylation is 1. The molecule has 1 fully saturated rings. The highest BCUT2D eigenvalue weighted by Crippen LogP contribution is 2.28. The van der Waals surface area contributed by atoms with E-state index in [1.54, 1.807) is 29.5 Å². The summed E-state index contributed by atoms with van der Waals surface area (Å²) in [5.41, 5.74) is 4.63. The van der Waals surface area contributed by atoms with Crippen molar-refractivity contribution in [2.45, 2.75) is 58.8 Å². The van der Waals surface area contributed by atoms with Crippen molar-refractivity contribution in [1.82, 2.24) is 20.5 Å². The number of amides is 3. The van der Waals surface area contributed by atoms with E-state index in [1.807, 2.05) is 63.5 Å². The normalized spacial score (nSPS) is 17.6. The van der Waals surface area contributed by atoms with Crippen molar-refractivity contribution in [3.05, 3.63) is 76.4 Å². The number of nitrogens with zero attached hydrogens (tertiary/aromatic N) is 3. The van der Waals surface area contributed by atoms with Crippen LogP contribution in [0.25, 0.3) is 10.4 Å². The van der Waals surface area contributed by atoms with Crippen LogP contribution >= 0.6 is 11.3 Å². The molecule has 0 bridgehead atoms. The van der Waals surface area contributed by atoms with Gasteiger partial charge in [0.25, 0.3) is 5.91 Å². The van der Waals surface area contributed by atoms with E-state index in [0.717, 1.165) is 21.7 Å². The van der Waals surface area contributed by atoms with Crippen molar-refractivity contribution in [1.29, 1.82) is 5.26 Å². The van der Waals surface area contributed by atoms with Crippen LogP contribution < -0.4 is 10.6 Å². The number of rotatable bonds is 7. The van der Waals surface area contributed by atoms with Crippen molar-refractivity contribution >= 4 is 29.1 Å². The highest BCUT2D eigenvalue weighted by atomic mass is 32.1. The number of aliphatic hydroxyl groups is 1. The van der Waals surface area contributed by atoms with E-state index in [9.17, 15) is 19.5 Å². The maximum atomic E-state index is 13.8. The van der Waals surface area contributed by atoms with Crippen molar-refractivity contribution < 1.29 is 19.5 Å². The van der Waals surface area contributed by atoms with E-state index in [-0.39, 0.29) is 31.0 Å². The fraction of sp³-hybridized carbons (Fsp3) is 0.367. The maximum Gasteiger partial charge on any atom is 0.251 e. The van der Waals surface area contributed by atoms with E-state index in [4.69, 9.17) is 5.26 Å². The lowest BCUT2D eigenvalue weighted by molar-refractivity contribution is -0.142. The first-order valence-corrected chi connectivity index (χ1v) is 13.9. The Bertz CT molecular complexity index is 1440. The summed E-state index contributed by atoms with van der Waals surface area (Å²) in [4.78, 5) is 46.7. The molecule has 1 aromatic heterocycles. The molecule has 0 radical (unpaired) electrons. The van der Waals surface area contributed by atoms with Gasteiger partial charge in [-0.2, -0.15) is 5.26 Å². The van der Waals surface area contributed by atoms with Gasteiger partial charge in [-0.05, 0) is 41.7 Å². The number of aromatic nitrogens is 1. The van der Waals surface area contributed by atoms with Crippen LogP contribution in [0.5, 0.6) is 0 Å². The van der Waals surface area contributed by atoms with Crippen LogP contribution in [0.1, 0.15) is 54.4 Å². The summed E-state index contributed by atoms with van der Waals surface area (Å²) in [5, 5.41) is 25.3. The number of nitrogens with one attached hydrogen (secondary N) is 2. The predicted octanol–water partition coefficient (Wildman–Crippen LogP) is 3.41. The molecule has 40 heavy (non-hydrogen) atoms. The van der Waals surface area contributed by atoms with Gasteiger partial charge >= 0.3 is 0 Å².